The molecule has 0 aromatic carbocycles. The normalized spacial score (nSPS) is 18.6. The van der Waals surface area contributed by atoms with Crippen LogP contribution in [-0.4, -0.2) is 47.8 Å². The molecular weight excluding hydrogens is 359 g/mol. The number of piperazine rings is 1. The average molecular weight is 390 g/mol. The van der Waals surface area contributed by atoms with Gasteiger partial charge in [0, 0.05) is 38.0 Å². The minimum absolute atomic E-state index is 0. The summed E-state index contributed by atoms with van der Waals surface area (Å²) in [6.07, 6.45) is 8.61. The summed E-state index contributed by atoms with van der Waals surface area (Å²) >= 11 is 0. The van der Waals surface area contributed by atoms with Gasteiger partial charge in [-0.15, -0.1) is 0 Å². The molecule has 8 heteroatoms. The number of carbonyl (C=O) groups excluding carboxylic acids is 2. The van der Waals surface area contributed by atoms with E-state index in [1.54, 1.807) is 19.3 Å². The van der Waals surface area contributed by atoms with E-state index in [4.69, 9.17) is 5.73 Å². The van der Waals surface area contributed by atoms with E-state index in [0.717, 1.165) is 32.5 Å². The number of nitrogens with two attached hydrogens (primary N) is 1. The Balaban J connectivity index is 0. The molecular formula is C18H30KN4O3-. The number of carbonyl (C=O) groups is 2. The molecule has 2 aliphatic rings. The molecule has 5 N–H and O–H groups in total. The van der Waals surface area contributed by atoms with E-state index in [9.17, 15) is 9.59 Å². The molecule has 2 heterocycles. The first-order valence-corrected chi connectivity index (χ1v) is 8.58. The number of Topliss-reactive ketones (excluding diaryl/α,β-unsaturated/α-hetero) is 1. The van der Waals surface area contributed by atoms with Gasteiger partial charge >= 0.3 is 51.4 Å². The quantitative estimate of drug-likeness (QED) is 0.401. The van der Waals surface area contributed by atoms with Gasteiger partial charge in [0.15, 0.2) is 0 Å². The first kappa shape index (κ1) is 28.0. The van der Waals surface area contributed by atoms with Crippen molar-refractivity contribution in [3.8, 4) is 0 Å². The average Bonchev–Trinajstić information content (AvgIpc) is 3.13. The van der Waals surface area contributed by atoms with Crippen LogP contribution in [0.15, 0.2) is 24.5 Å². The Labute approximate surface area is 199 Å². The number of ketones is 1. The molecule has 1 unspecified atom stereocenters. The fraction of sp³-hybridized carbons (Fsp3) is 0.611. The number of hydrogen-bond acceptors (Lipinski definition) is 6. The summed E-state index contributed by atoms with van der Waals surface area (Å²) in [5, 5.41) is 6.36. The zero-order valence-corrected chi connectivity index (χ0v) is 19.0. The van der Waals surface area contributed by atoms with Crippen LogP contribution < -0.4 is 67.8 Å². The van der Waals surface area contributed by atoms with Crippen LogP contribution in [0.5, 0.6) is 0 Å². The molecule has 1 amide bonds. The molecule has 0 radical (unpaired) electrons. The van der Waals surface area contributed by atoms with Gasteiger partial charge in [-0.25, -0.2) is 12.1 Å². The third-order valence-corrected chi connectivity index (χ3v) is 4.02. The first-order chi connectivity index (χ1) is 11.6. The molecule has 1 aromatic heterocycles. The third-order valence-electron chi connectivity index (χ3n) is 4.02. The van der Waals surface area contributed by atoms with E-state index in [1.165, 1.54) is 12.8 Å². The van der Waals surface area contributed by atoms with E-state index in [-0.39, 0.29) is 68.8 Å². The summed E-state index contributed by atoms with van der Waals surface area (Å²) in [6.45, 7) is 4.46. The van der Waals surface area contributed by atoms with Gasteiger partial charge < -0.3 is 26.8 Å². The molecule has 1 saturated heterocycles. The van der Waals surface area contributed by atoms with E-state index in [2.05, 4.69) is 21.7 Å². The van der Waals surface area contributed by atoms with Crippen LogP contribution in [0.1, 0.15) is 39.0 Å². The second kappa shape index (κ2) is 18.2. The number of rotatable bonds is 3. The van der Waals surface area contributed by atoms with Crippen molar-refractivity contribution in [3.05, 3.63) is 30.6 Å². The molecule has 7 nitrogen and oxygen atoms in total. The van der Waals surface area contributed by atoms with E-state index < -0.39 is 0 Å². The summed E-state index contributed by atoms with van der Waals surface area (Å²) in [5.41, 5.74) is 5.02. The number of primary amides is 1. The monoisotopic (exact) mass is 389 g/mol. The van der Waals surface area contributed by atoms with Crippen molar-refractivity contribution in [1.29, 1.82) is 0 Å². The van der Waals surface area contributed by atoms with Crippen molar-refractivity contribution >= 4 is 11.7 Å². The van der Waals surface area contributed by atoms with Crippen LogP contribution in [0.4, 0.5) is 0 Å². The van der Waals surface area contributed by atoms with Crippen molar-refractivity contribution in [2.24, 2.45) is 11.7 Å². The molecule has 1 aliphatic heterocycles. The van der Waals surface area contributed by atoms with Crippen molar-refractivity contribution in [2.45, 2.75) is 45.1 Å². The van der Waals surface area contributed by atoms with Gasteiger partial charge in [0.1, 0.15) is 5.78 Å². The van der Waals surface area contributed by atoms with Gasteiger partial charge in [-0.2, -0.15) is 6.07 Å². The van der Waals surface area contributed by atoms with Crippen LogP contribution >= 0.6 is 0 Å². The zero-order valence-electron chi connectivity index (χ0n) is 15.9. The minimum atomic E-state index is -0.235. The Bertz CT molecular complexity index is 438. The zero-order chi connectivity index (χ0) is 17.6. The molecule has 26 heavy (non-hydrogen) atoms. The minimum Gasteiger partial charge on any atom is -0.870 e. The Morgan fingerprint density at radius 2 is 1.96 bits per heavy atom. The molecule has 1 saturated carbocycles. The van der Waals surface area contributed by atoms with Gasteiger partial charge in [0.25, 0.3) is 0 Å². The summed E-state index contributed by atoms with van der Waals surface area (Å²) in [7, 11) is 0. The van der Waals surface area contributed by atoms with Crippen molar-refractivity contribution in [1.82, 2.24) is 15.6 Å². The standard InChI is InChI=1S/C7H12O.C6H13N3O.C5H4N.K.H2O/c1-6(8)7-4-2-3-5-7;7-6(10)3-5-4-8-1-2-9-5;1-2-4-6-5-3-1;;/h7H,2-5H2,1H3;5,8-9H,1-4H2,(H2,7,10);1-2,4-5H;;1H2/q;;-1;+1;/p-1. The Morgan fingerprint density at radius 3 is 2.27 bits per heavy atom. The number of nitrogens with zero attached hydrogens (tertiary/aromatic N) is 1. The van der Waals surface area contributed by atoms with Gasteiger partial charge in [0.2, 0.25) is 5.91 Å². The Kier molecular flexibility index (Phi) is 19.6. The van der Waals surface area contributed by atoms with Gasteiger partial charge in [-0.3, -0.25) is 9.59 Å². The topological polar surface area (TPSA) is 127 Å². The number of amides is 1. The maximum atomic E-state index is 10.6. The number of nitrogens with one attached hydrogen (secondary N) is 2. The largest absolute Gasteiger partial charge is 1.00 e. The molecule has 142 valence electrons. The summed E-state index contributed by atoms with van der Waals surface area (Å²) in [4.78, 5) is 24.8. The molecule has 3 rings (SSSR count). The van der Waals surface area contributed by atoms with Gasteiger partial charge in [-0.1, -0.05) is 25.2 Å². The molecule has 2 fully saturated rings. The smallest absolute Gasteiger partial charge is 0.870 e. The van der Waals surface area contributed by atoms with Crippen LogP contribution in [0.2, 0.25) is 0 Å². The number of aromatic nitrogens is 1. The second-order valence-electron chi connectivity index (χ2n) is 6.07. The van der Waals surface area contributed by atoms with E-state index in [1.807, 2.05) is 12.1 Å². The third kappa shape index (κ3) is 14.9. The summed E-state index contributed by atoms with van der Waals surface area (Å²) < 4.78 is 0. The van der Waals surface area contributed by atoms with Crippen molar-refractivity contribution in [2.75, 3.05) is 19.6 Å². The summed E-state index contributed by atoms with van der Waals surface area (Å²) in [6, 6.07) is 6.67. The van der Waals surface area contributed by atoms with Crippen molar-refractivity contribution < 1.29 is 66.4 Å². The van der Waals surface area contributed by atoms with Crippen molar-refractivity contribution in [3.63, 3.8) is 0 Å². The molecule has 0 spiro atoms. The number of hydrogen-bond donors (Lipinski definition) is 3. The maximum absolute atomic E-state index is 10.6. The van der Waals surface area contributed by atoms with E-state index in [0.29, 0.717) is 18.1 Å². The fourth-order valence-electron chi connectivity index (χ4n) is 2.71. The first-order valence-electron chi connectivity index (χ1n) is 8.58. The fourth-order valence-corrected chi connectivity index (χ4v) is 2.71. The number of pyridine rings is 1. The summed E-state index contributed by atoms with van der Waals surface area (Å²) in [5.74, 6) is 0.582. The van der Waals surface area contributed by atoms with Crippen LogP contribution in [0.25, 0.3) is 0 Å². The van der Waals surface area contributed by atoms with Crippen LogP contribution in [0, 0.1) is 12.0 Å². The SMILES string of the molecule is CC(=O)C1CCCC1.NC(=O)CC1CNCCN1.[K+].[OH-].[c-]1cccnc1. The van der Waals surface area contributed by atoms with Crippen LogP contribution in [-0.2, 0) is 9.59 Å². The van der Waals surface area contributed by atoms with Gasteiger partial charge in [0.05, 0.1) is 0 Å². The second-order valence-corrected chi connectivity index (χ2v) is 6.07. The van der Waals surface area contributed by atoms with Gasteiger partial charge in [-0.05, 0) is 19.8 Å². The Morgan fingerprint density at radius 1 is 1.27 bits per heavy atom. The molecule has 1 aromatic rings. The van der Waals surface area contributed by atoms with Crippen LogP contribution in [0.3, 0.4) is 0 Å². The molecule has 1 atom stereocenters. The maximum Gasteiger partial charge on any atom is 1.00 e. The molecule has 0 bridgehead atoms. The van der Waals surface area contributed by atoms with E-state index >= 15 is 0 Å². The molecule has 1 aliphatic carbocycles. The predicted octanol–water partition coefficient (Wildman–Crippen LogP) is -2.10. The Hall–Kier alpha value is -0.194. The predicted molar refractivity (Wildman–Crippen MR) is 96.1 cm³/mol.